The van der Waals surface area contributed by atoms with Crippen LogP contribution in [0.2, 0.25) is 0 Å². The van der Waals surface area contributed by atoms with E-state index < -0.39 is 11.9 Å². The van der Waals surface area contributed by atoms with Gasteiger partial charge in [-0.25, -0.2) is 0 Å². The molecular weight excluding hydrogens is 274 g/mol. The van der Waals surface area contributed by atoms with Gasteiger partial charge in [0, 0.05) is 6.04 Å². The minimum Gasteiger partial charge on any atom is -0.454 e. The van der Waals surface area contributed by atoms with E-state index in [2.05, 4.69) is 5.32 Å². The van der Waals surface area contributed by atoms with Gasteiger partial charge in [-0.05, 0) is 36.1 Å². The van der Waals surface area contributed by atoms with Crippen molar-refractivity contribution < 1.29 is 19.1 Å². The summed E-state index contributed by atoms with van der Waals surface area (Å²) in [6.45, 7) is 0.250. The molecule has 3 rings (SSSR count). The van der Waals surface area contributed by atoms with E-state index in [4.69, 9.17) is 20.9 Å². The quantitative estimate of drug-likeness (QED) is 0.671. The van der Waals surface area contributed by atoms with Crippen molar-refractivity contribution >= 4 is 11.8 Å². The average molecular weight is 291 g/mol. The second-order valence-corrected chi connectivity index (χ2v) is 5.36. The minimum atomic E-state index is -0.900. The Morgan fingerprint density at radius 3 is 2.33 bits per heavy atom. The summed E-state index contributed by atoms with van der Waals surface area (Å²) in [5.41, 5.74) is 12.9. The molecule has 0 fully saturated rings. The molecule has 1 aromatic carbocycles. The number of rotatable bonds is 4. The van der Waals surface area contributed by atoms with Crippen LogP contribution in [0.1, 0.15) is 17.5 Å². The zero-order chi connectivity index (χ0) is 15.0. The van der Waals surface area contributed by atoms with Gasteiger partial charge in [0.25, 0.3) is 0 Å². The van der Waals surface area contributed by atoms with Gasteiger partial charge in [-0.3, -0.25) is 9.59 Å². The van der Waals surface area contributed by atoms with Crippen molar-refractivity contribution in [3.05, 3.63) is 23.3 Å². The third kappa shape index (κ3) is 2.78. The Morgan fingerprint density at radius 1 is 1.24 bits per heavy atom. The van der Waals surface area contributed by atoms with Crippen LogP contribution in [0.5, 0.6) is 11.5 Å². The van der Waals surface area contributed by atoms with Gasteiger partial charge in [0.15, 0.2) is 11.5 Å². The molecule has 0 spiro atoms. The van der Waals surface area contributed by atoms with E-state index in [-0.39, 0.29) is 25.2 Å². The molecule has 7 heteroatoms. The van der Waals surface area contributed by atoms with Crippen molar-refractivity contribution in [2.45, 2.75) is 31.3 Å². The van der Waals surface area contributed by atoms with Crippen LogP contribution in [0.3, 0.4) is 0 Å². The Balaban J connectivity index is 1.63. The molecule has 0 bridgehead atoms. The molecule has 1 aromatic rings. The first-order valence-electron chi connectivity index (χ1n) is 6.78. The van der Waals surface area contributed by atoms with Crippen molar-refractivity contribution in [2.75, 3.05) is 6.79 Å². The number of carbonyl (C=O) groups is 2. The minimum absolute atomic E-state index is 0.0334. The zero-order valence-electron chi connectivity index (χ0n) is 11.4. The van der Waals surface area contributed by atoms with Gasteiger partial charge in [0.05, 0.1) is 12.5 Å². The van der Waals surface area contributed by atoms with E-state index in [0.717, 1.165) is 22.6 Å². The molecule has 1 unspecified atom stereocenters. The first kappa shape index (κ1) is 13.7. The number of benzene rings is 1. The number of nitrogens with two attached hydrogens (primary N) is 2. The number of carbonyl (C=O) groups excluding carboxylic acids is 2. The predicted octanol–water partition coefficient (Wildman–Crippen LogP) is -0.799. The predicted molar refractivity (Wildman–Crippen MR) is 73.7 cm³/mol. The summed E-state index contributed by atoms with van der Waals surface area (Å²) in [4.78, 5) is 22.7. The largest absolute Gasteiger partial charge is 0.454 e. The third-order valence-corrected chi connectivity index (χ3v) is 3.73. The fraction of sp³-hybridized carbons (Fsp3) is 0.429. The van der Waals surface area contributed by atoms with Gasteiger partial charge >= 0.3 is 0 Å². The molecule has 2 amide bonds. The highest BCUT2D eigenvalue weighted by atomic mass is 16.7. The Kier molecular flexibility index (Phi) is 3.42. The van der Waals surface area contributed by atoms with Crippen molar-refractivity contribution in [1.82, 2.24) is 5.32 Å². The lowest BCUT2D eigenvalue weighted by Crippen LogP contribution is -2.47. The zero-order valence-corrected chi connectivity index (χ0v) is 11.4. The highest BCUT2D eigenvalue weighted by molar-refractivity contribution is 5.87. The molecule has 0 aromatic heterocycles. The number of fused-ring (bicyclic) bond motifs is 2. The summed E-state index contributed by atoms with van der Waals surface area (Å²) in [5.74, 6) is 0.544. The molecule has 1 atom stereocenters. The second kappa shape index (κ2) is 5.25. The molecule has 1 heterocycles. The van der Waals surface area contributed by atoms with Crippen molar-refractivity contribution in [3.8, 4) is 11.5 Å². The molecule has 7 nitrogen and oxygen atoms in total. The Labute approximate surface area is 121 Å². The molecule has 0 radical (unpaired) electrons. The Bertz CT molecular complexity index is 569. The standard InChI is InChI=1S/C14H17N3O4/c15-10(5-13(16)18)14(19)17-9-1-7-3-11-12(21-6-20-11)4-8(7)2-9/h3-4,9-10H,1-2,5-6,15H2,(H2,16,18)(H,17,19). The number of hydrogen-bond donors (Lipinski definition) is 3. The SMILES string of the molecule is NC(=O)CC(N)C(=O)NC1Cc2cc3c(cc2C1)OCO3. The Morgan fingerprint density at radius 2 is 1.81 bits per heavy atom. The maximum atomic E-state index is 11.9. The van der Waals surface area contributed by atoms with E-state index in [1.54, 1.807) is 0 Å². The first-order chi connectivity index (χ1) is 10.0. The van der Waals surface area contributed by atoms with Gasteiger partial charge in [0.1, 0.15) is 0 Å². The molecule has 112 valence electrons. The molecule has 0 saturated carbocycles. The fourth-order valence-corrected chi connectivity index (χ4v) is 2.73. The summed E-state index contributed by atoms with van der Waals surface area (Å²) in [6.07, 6.45) is 1.27. The van der Waals surface area contributed by atoms with Crippen LogP contribution >= 0.6 is 0 Å². The number of amides is 2. The number of nitrogens with one attached hydrogen (secondary N) is 1. The van der Waals surface area contributed by atoms with Crippen molar-refractivity contribution in [1.29, 1.82) is 0 Å². The lowest BCUT2D eigenvalue weighted by Gasteiger charge is -2.15. The normalized spacial score (nSPS) is 17.4. The Hall–Kier alpha value is -2.28. The summed E-state index contributed by atoms with van der Waals surface area (Å²) in [7, 11) is 0. The first-order valence-corrected chi connectivity index (χ1v) is 6.78. The molecular formula is C14H17N3O4. The van der Waals surface area contributed by atoms with Gasteiger partial charge < -0.3 is 26.3 Å². The van der Waals surface area contributed by atoms with E-state index in [1.807, 2.05) is 12.1 Å². The third-order valence-electron chi connectivity index (χ3n) is 3.73. The molecule has 0 saturated heterocycles. The maximum Gasteiger partial charge on any atom is 0.237 e. The van der Waals surface area contributed by atoms with Gasteiger partial charge in [0.2, 0.25) is 18.6 Å². The summed E-state index contributed by atoms with van der Waals surface area (Å²) in [5, 5.41) is 2.85. The van der Waals surface area contributed by atoms with E-state index in [1.165, 1.54) is 0 Å². The van der Waals surface area contributed by atoms with Crippen molar-refractivity contribution in [2.24, 2.45) is 11.5 Å². The van der Waals surface area contributed by atoms with Crippen LogP contribution in [-0.4, -0.2) is 30.7 Å². The lowest BCUT2D eigenvalue weighted by atomic mass is 10.1. The summed E-state index contributed by atoms with van der Waals surface area (Å²) < 4.78 is 10.7. The van der Waals surface area contributed by atoms with Crippen molar-refractivity contribution in [3.63, 3.8) is 0 Å². The number of hydrogen-bond acceptors (Lipinski definition) is 5. The number of primary amides is 1. The topological polar surface area (TPSA) is 117 Å². The van der Waals surface area contributed by atoms with Gasteiger partial charge in [-0.1, -0.05) is 0 Å². The lowest BCUT2D eigenvalue weighted by molar-refractivity contribution is -0.126. The van der Waals surface area contributed by atoms with Gasteiger partial charge in [-0.15, -0.1) is 0 Å². The van der Waals surface area contributed by atoms with E-state index in [9.17, 15) is 9.59 Å². The van der Waals surface area contributed by atoms with Crippen LogP contribution in [0, 0.1) is 0 Å². The van der Waals surface area contributed by atoms with Gasteiger partial charge in [-0.2, -0.15) is 0 Å². The molecule has 1 aliphatic carbocycles. The second-order valence-electron chi connectivity index (χ2n) is 5.36. The summed E-state index contributed by atoms with van der Waals surface area (Å²) >= 11 is 0. The van der Waals surface area contributed by atoms with Crippen LogP contribution in [0.25, 0.3) is 0 Å². The molecule has 1 aliphatic heterocycles. The summed E-state index contributed by atoms with van der Waals surface area (Å²) in [6, 6.07) is 2.97. The maximum absolute atomic E-state index is 11.9. The highest BCUT2D eigenvalue weighted by Gasteiger charge is 2.28. The van der Waals surface area contributed by atoms with Crippen LogP contribution in [0.4, 0.5) is 0 Å². The smallest absolute Gasteiger partial charge is 0.237 e. The van der Waals surface area contributed by atoms with E-state index in [0.29, 0.717) is 12.8 Å². The van der Waals surface area contributed by atoms with Crippen LogP contribution in [-0.2, 0) is 22.4 Å². The van der Waals surface area contributed by atoms with Crippen LogP contribution < -0.4 is 26.3 Å². The monoisotopic (exact) mass is 291 g/mol. The fourth-order valence-electron chi connectivity index (χ4n) is 2.73. The van der Waals surface area contributed by atoms with E-state index >= 15 is 0 Å². The average Bonchev–Trinajstić information content (AvgIpc) is 2.99. The van der Waals surface area contributed by atoms with Crippen LogP contribution in [0.15, 0.2) is 12.1 Å². The molecule has 21 heavy (non-hydrogen) atoms. The molecule has 2 aliphatic rings. The highest BCUT2D eigenvalue weighted by Crippen LogP contribution is 2.37. The molecule has 5 N–H and O–H groups in total. The number of ether oxygens (including phenoxy) is 2.